The molecule has 7 heteroatoms. The highest BCUT2D eigenvalue weighted by Crippen LogP contribution is 2.35. The molecule has 0 spiro atoms. The van der Waals surface area contributed by atoms with Crippen LogP contribution in [0.1, 0.15) is 26.4 Å². The first-order valence-corrected chi connectivity index (χ1v) is 7.24. The van der Waals surface area contributed by atoms with E-state index in [1.165, 1.54) is 30.5 Å². The van der Waals surface area contributed by atoms with Gasteiger partial charge in [0, 0.05) is 18.0 Å². The minimum absolute atomic E-state index is 0.00730. The number of carbonyl (C=O) groups excluding carboxylic acids is 1. The molecule has 24 heavy (non-hydrogen) atoms. The van der Waals surface area contributed by atoms with Gasteiger partial charge < -0.3 is 5.11 Å². The van der Waals surface area contributed by atoms with Gasteiger partial charge in [0.2, 0.25) is 5.78 Å². The Morgan fingerprint density at radius 2 is 2.00 bits per heavy atom. The molecule has 0 aliphatic carbocycles. The summed E-state index contributed by atoms with van der Waals surface area (Å²) in [5.74, 6) is -2.16. The van der Waals surface area contributed by atoms with E-state index in [0.717, 1.165) is 18.3 Å². The number of Topliss-reactive ketones (excluding diaryl/α,β-unsaturated/α-hetero) is 1. The van der Waals surface area contributed by atoms with Gasteiger partial charge in [0.25, 0.3) is 0 Å². The molecule has 1 aromatic heterocycles. The third kappa shape index (κ3) is 2.61. The SMILES string of the molecule is O=C(O)c1ccc(C2(C(=O)c3ccc(F)cc3Cl)C=CC=N2)nc1. The summed E-state index contributed by atoms with van der Waals surface area (Å²) < 4.78 is 13.2. The zero-order valence-corrected chi connectivity index (χ0v) is 12.9. The van der Waals surface area contributed by atoms with Gasteiger partial charge in [-0.15, -0.1) is 0 Å². The molecular formula is C17H10ClFN2O3. The van der Waals surface area contributed by atoms with Crippen LogP contribution in [-0.2, 0) is 5.54 Å². The Morgan fingerprint density at radius 1 is 1.21 bits per heavy atom. The van der Waals surface area contributed by atoms with Crippen molar-refractivity contribution in [3.05, 3.63) is 76.3 Å². The number of aliphatic imine (C=N–C) groups is 1. The number of pyridine rings is 1. The van der Waals surface area contributed by atoms with Crippen LogP contribution in [0, 0.1) is 5.82 Å². The number of rotatable bonds is 4. The summed E-state index contributed by atoms with van der Waals surface area (Å²) in [6, 6.07) is 6.23. The highest BCUT2D eigenvalue weighted by Gasteiger charge is 2.41. The second-order valence-corrected chi connectivity index (χ2v) is 5.50. The van der Waals surface area contributed by atoms with E-state index in [4.69, 9.17) is 16.7 Å². The Kier molecular flexibility index (Phi) is 3.99. The maximum atomic E-state index is 13.2. The van der Waals surface area contributed by atoms with Crippen LogP contribution in [0.2, 0.25) is 5.02 Å². The van der Waals surface area contributed by atoms with Gasteiger partial charge in [-0.25, -0.2) is 9.18 Å². The number of carbonyl (C=O) groups is 2. The smallest absolute Gasteiger partial charge is 0.337 e. The largest absolute Gasteiger partial charge is 0.478 e. The Morgan fingerprint density at radius 3 is 2.54 bits per heavy atom. The van der Waals surface area contributed by atoms with Crippen molar-refractivity contribution >= 4 is 29.6 Å². The maximum absolute atomic E-state index is 13.2. The summed E-state index contributed by atoms with van der Waals surface area (Å²) in [7, 11) is 0. The third-order valence-corrected chi connectivity index (χ3v) is 3.94. The predicted octanol–water partition coefficient (Wildman–Crippen LogP) is 3.29. The lowest BCUT2D eigenvalue weighted by molar-refractivity contribution is 0.0696. The first-order valence-electron chi connectivity index (χ1n) is 6.87. The minimum atomic E-state index is -1.45. The number of carboxylic acids is 1. The molecule has 2 heterocycles. The summed E-state index contributed by atoms with van der Waals surface area (Å²) in [6.07, 6.45) is 5.72. The fraction of sp³-hybridized carbons (Fsp3) is 0.0588. The van der Waals surface area contributed by atoms with Crippen LogP contribution in [0.15, 0.2) is 53.7 Å². The minimum Gasteiger partial charge on any atom is -0.478 e. The van der Waals surface area contributed by atoms with E-state index in [1.807, 2.05) is 0 Å². The zero-order chi connectivity index (χ0) is 17.3. The standard InChI is InChI=1S/C17H10ClFN2O3/c18-13-8-11(19)3-4-12(13)15(22)17(6-1-7-21-17)14-5-2-10(9-20-14)16(23)24/h1-9H,(H,23,24). The number of allylic oxidation sites excluding steroid dienone is 1. The molecule has 120 valence electrons. The summed E-state index contributed by atoms with van der Waals surface area (Å²) in [4.78, 5) is 32.2. The lowest BCUT2D eigenvalue weighted by Crippen LogP contribution is -2.32. The zero-order valence-electron chi connectivity index (χ0n) is 12.1. The molecule has 0 saturated carbocycles. The van der Waals surface area contributed by atoms with Gasteiger partial charge >= 0.3 is 5.97 Å². The topological polar surface area (TPSA) is 79.6 Å². The molecule has 1 unspecified atom stereocenters. The fourth-order valence-corrected chi connectivity index (χ4v) is 2.67. The molecule has 3 rings (SSSR count). The van der Waals surface area contributed by atoms with Crippen LogP contribution >= 0.6 is 11.6 Å². The summed E-state index contributed by atoms with van der Waals surface area (Å²) in [6.45, 7) is 0. The van der Waals surface area contributed by atoms with Crippen LogP contribution in [0.3, 0.4) is 0 Å². The number of hydrogen-bond acceptors (Lipinski definition) is 4. The van der Waals surface area contributed by atoms with Gasteiger partial charge in [0.05, 0.1) is 16.3 Å². The average Bonchev–Trinajstić information content (AvgIpc) is 3.05. The molecule has 1 aliphatic heterocycles. The molecule has 0 bridgehead atoms. The second kappa shape index (κ2) is 5.98. The monoisotopic (exact) mass is 344 g/mol. The Labute approximate surface area is 141 Å². The number of carboxylic acid groups (broad SMARTS) is 1. The van der Waals surface area contributed by atoms with Crippen molar-refractivity contribution in [2.24, 2.45) is 4.99 Å². The molecule has 0 amide bonds. The number of nitrogens with zero attached hydrogens (tertiary/aromatic N) is 2. The Bertz CT molecular complexity index is 879. The van der Waals surface area contributed by atoms with Crippen molar-refractivity contribution in [3.63, 3.8) is 0 Å². The van der Waals surface area contributed by atoms with Crippen LogP contribution < -0.4 is 0 Å². The molecule has 2 aromatic rings. The van der Waals surface area contributed by atoms with Gasteiger partial charge in [-0.2, -0.15) is 0 Å². The van der Waals surface area contributed by atoms with Crippen molar-refractivity contribution in [1.82, 2.24) is 4.98 Å². The molecule has 0 radical (unpaired) electrons. The number of halogens is 2. The van der Waals surface area contributed by atoms with Crippen molar-refractivity contribution in [3.8, 4) is 0 Å². The highest BCUT2D eigenvalue weighted by atomic mass is 35.5. The molecular weight excluding hydrogens is 335 g/mol. The number of benzene rings is 1. The van der Waals surface area contributed by atoms with Crippen LogP contribution in [0.25, 0.3) is 0 Å². The lowest BCUT2D eigenvalue weighted by atomic mass is 9.86. The number of ketones is 1. The predicted molar refractivity (Wildman–Crippen MR) is 86.2 cm³/mol. The average molecular weight is 345 g/mol. The van der Waals surface area contributed by atoms with Gasteiger partial charge in [0.15, 0.2) is 5.54 Å². The van der Waals surface area contributed by atoms with Crippen molar-refractivity contribution in [1.29, 1.82) is 0 Å². The molecule has 1 N–H and O–H groups in total. The maximum Gasteiger partial charge on any atom is 0.337 e. The first kappa shape index (κ1) is 16.0. The summed E-state index contributed by atoms with van der Waals surface area (Å²) in [5, 5.41) is 8.92. The van der Waals surface area contributed by atoms with Gasteiger partial charge in [-0.1, -0.05) is 11.6 Å². The van der Waals surface area contributed by atoms with Crippen LogP contribution in [0.4, 0.5) is 4.39 Å². The molecule has 1 atom stereocenters. The molecule has 5 nitrogen and oxygen atoms in total. The van der Waals surface area contributed by atoms with E-state index < -0.39 is 23.1 Å². The Balaban J connectivity index is 2.09. The highest BCUT2D eigenvalue weighted by molar-refractivity contribution is 6.34. The van der Waals surface area contributed by atoms with Gasteiger partial charge in [-0.3, -0.25) is 14.8 Å². The molecule has 1 aromatic carbocycles. The summed E-state index contributed by atoms with van der Waals surface area (Å²) >= 11 is 5.98. The second-order valence-electron chi connectivity index (χ2n) is 5.09. The quantitative estimate of drug-likeness (QED) is 0.863. The number of aromatic nitrogens is 1. The van der Waals surface area contributed by atoms with Gasteiger partial charge in [-0.05, 0) is 42.5 Å². The van der Waals surface area contributed by atoms with E-state index in [2.05, 4.69) is 9.98 Å². The number of aromatic carboxylic acids is 1. The van der Waals surface area contributed by atoms with Crippen molar-refractivity contribution in [2.45, 2.75) is 5.54 Å². The third-order valence-electron chi connectivity index (χ3n) is 3.62. The van der Waals surface area contributed by atoms with Crippen LogP contribution in [-0.4, -0.2) is 28.1 Å². The van der Waals surface area contributed by atoms with Crippen LogP contribution in [0.5, 0.6) is 0 Å². The summed E-state index contributed by atoms with van der Waals surface area (Å²) in [5.41, 5.74) is -1.10. The molecule has 1 aliphatic rings. The van der Waals surface area contributed by atoms with Gasteiger partial charge in [0.1, 0.15) is 5.82 Å². The van der Waals surface area contributed by atoms with E-state index in [9.17, 15) is 14.0 Å². The van der Waals surface area contributed by atoms with E-state index in [1.54, 1.807) is 6.08 Å². The molecule has 0 saturated heterocycles. The van der Waals surface area contributed by atoms with E-state index in [0.29, 0.717) is 0 Å². The first-order chi connectivity index (χ1) is 11.4. The Hall–Kier alpha value is -2.86. The molecule has 0 fully saturated rings. The van der Waals surface area contributed by atoms with E-state index in [-0.39, 0.29) is 21.8 Å². The van der Waals surface area contributed by atoms with Crippen molar-refractivity contribution < 1.29 is 19.1 Å². The fourth-order valence-electron chi connectivity index (χ4n) is 2.41. The van der Waals surface area contributed by atoms with E-state index >= 15 is 0 Å². The van der Waals surface area contributed by atoms with Crippen molar-refractivity contribution in [2.75, 3.05) is 0 Å². The normalized spacial score (nSPS) is 18.8. The lowest BCUT2D eigenvalue weighted by Gasteiger charge is -2.23. The number of hydrogen-bond donors (Lipinski definition) is 1.